The summed E-state index contributed by atoms with van der Waals surface area (Å²) < 4.78 is 5.39. The summed E-state index contributed by atoms with van der Waals surface area (Å²) in [4.78, 5) is 11.5. The van der Waals surface area contributed by atoms with Crippen molar-refractivity contribution in [1.29, 1.82) is 0 Å². The molecule has 0 aliphatic rings. The lowest BCUT2D eigenvalue weighted by molar-refractivity contribution is -0.119. The standard InChI is InChI=1S/C11H19N3O2S/c1-5-8(4)12-9(15)6-17-11-14-13-10(16-11)7(2)3/h7-8H,5-6H2,1-4H3,(H,12,15). The summed E-state index contributed by atoms with van der Waals surface area (Å²) in [7, 11) is 0. The quantitative estimate of drug-likeness (QED) is 0.791. The van der Waals surface area contributed by atoms with Gasteiger partial charge in [-0.15, -0.1) is 10.2 Å². The molecule has 1 rings (SSSR count). The number of nitrogens with one attached hydrogen (secondary N) is 1. The second-order valence-electron chi connectivity index (χ2n) is 4.23. The highest BCUT2D eigenvalue weighted by atomic mass is 32.2. The minimum Gasteiger partial charge on any atom is -0.416 e. The maximum atomic E-state index is 11.5. The summed E-state index contributed by atoms with van der Waals surface area (Å²) in [5.41, 5.74) is 0. The van der Waals surface area contributed by atoms with E-state index in [2.05, 4.69) is 15.5 Å². The summed E-state index contributed by atoms with van der Waals surface area (Å²) in [5, 5.41) is 11.1. The predicted octanol–water partition coefficient (Wildman–Crippen LogP) is 2.20. The monoisotopic (exact) mass is 257 g/mol. The number of hydrogen-bond donors (Lipinski definition) is 1. The molecule has 5 nitrogen and oxygen atoms in total. The lowest BCUT2D eigenvalue weighted by Gasteiger charge is -2.09. The van der Waals surface area contributed by atoms with E-state index >= 15 is 0 Å². The number of rotatable bonds is 6. The average molecular weight is 257 g/mol. The molecule has 1 unspecified atom stereocenters. The Balaban J connectivity index is 2.37. The van der Waals surface area contributed by atoms with Crippen molar-refractivity contribution >= 4 is 17.7 Å². The highest BCUT2D eigenvalue weighted by molar-refractivity contribution is 7.99. The van der Waals surface area contributed by atoms with Crippen LogP contribution < -0.4 is 5.32 Å². The van der Waals surface area contributed by atoms with Crippen molar-refractivity contribution in [2.75, 3.05) is 5.75 Å². The van der Waals surface area contributed by atoms with Crippen LogP contribution in [0.1, 0.15) is 45.9 Å². The van der Waals surface area contributed by atoms with Crippen LogP contribution in [0.3, 0.4) is 0 Å². The van der Waals surface area contributed by atoms with Gasteiger partial charge in [0.15, 0.2) is 0 Å². The molecule has 0 aromatic carbocycles. The second kappa shape index (κ2) is 6.64. The summed E-state index contributed by atoms with van der Waals surface area (Å²) in [6, 6.07) is 0.206. The van der Waals surface area contributed by atoms with Crippen LogP contribution in [0.4, 0.5) is 0 Å². The minimum atomic E-state index is -0.00588. The molecule has 1 amide bonds. The fraction of sp³-hybridized carbons (Fsp3) is 0.727. The van der Waals surface area contributed by atoms with Crippen molar-refractivity contribution in [3.05, 3.63) is 5.89 Å². The molecular formula is C11H19N3O2S. The van der Waals surface area contributed by atoms with Gasteiger partial charge in [0, 0.05) is 12.0 Å². The van der Waals surface area contributed by atoms with Crippen molar-refractivity contribution in [2.24, 2.45) is 0 Å². The number of carbonyl (C=O) groups excluding carboxylic acids is 1. The van der Waals surface area contributed by atoms with E-state index < -0.39 is 0 Å². The van der Waals surface area contributed by atoms with Gasteiger partial charge in [-0.1, -0.05) is 32.5 Å². The first-order valence-electron chi connectivity index (χ1n) is 5.78. The van der Waals surface area contributed by atoms with E-state index in [-0.39, 0.29) is 17.9 Å². The Morgan fingerprint density at radius 1 is 1.41 bits per heavy atom. The van der Waals surface area contributed by atoms with E-state index in [1.807, 2.05) is 27.7 Å². The van der Waals surface area contributed by atoms with Crippen LogP contribution in [0.25, 0.3) is 0 Å². The smallest absolute Gasteiger partial charge is 0.277 e. The molecule has 1 N–H and O–H groups in total. The van der Waals surface area contributed by atoms with E-state index in [9.17, 15) is 4.79 Å². The molecule has 0 saturated heterocycles. The van der Waals surface area contributed by atoms with Crippen molar-refractivity contribution in [1.82, 2.24) is 15.5 Å². The Morgan fingerprint density at radius 2 is 2.12 bits per heavy atom. The molecule has 96 valence electrons. The van der Waals surface area contributed by atoms with Gasteiger partial charge in [0.1, 0.15) is 0 Å². The van der Waals surface area contributed by atoms with Crippen LogP contribution in [-0.2, 0) is 4.79 Å². The SMILES string of the molecule is CCC(C)NC(=O)CSc1nnc(C(C)C)o1. The number of hydrogen-bond acceptors (Lipinski definition) is 5. The zero-order valence-corrected chi connectivity index (χ0v) is 11.5. The third-order valence-corrected chi connectivity index (χ3v) is 3.08. The summed E-state index contributed by atoms with van der Waals surface area (Å²) in [6.45, 7) is 7.98. The van der Waals surface area contributed by atoms with Crippen LogP contribution in [-0.4, -0.2) is 27.9 Å². The van der Waals surface area contributed by atoms with E-state index in [4.69, 9.17) is 4.42 Å². The Bertz CT molecular complexity index is 365. The van der Waals surface area contributed by atoms with Gasteiger partial charge in [-0.25, -0.2) is 0 Å². The predicted molar refractivity (Wildman–Crippen MR) is 67.0 cm³/mol. The van der Waals surface area contributed by atoms with Gasteiger partial charge in [-0.3, -0.25) is 4.79 Å². The number of thioether (sulfide) groups is 1. The van der Waals surface area contributed by atoms with Crippen LogP contribution in [0, 0.1) is 0 Å². The first-order valence-corrected chi connectivity index (χ1v) is 6.77. The summed E-state index contributed by atoms with van der Waals surface area (Å²) >= 11 is 1.27. The van der Waals surface area contributed by atoms with Gasteiger partial charge in [-0.2, -0.15) is 0 Å². The molecule has 0 spiro atoms. The van der Waals surface area contributed by atoms with Gasteiger partial charge in [-0.05, 0) is 13.3 Å². The van der Waals surface area contributed by atoms with E-state index in [0.29, 0.717) is 16.9 Å². The van der Waals surface area contributed by atoms with Gasteiger partial charge in [0.2, 0.25) is 11.8 Å². The molecule has 0 aliphatic heterocycles. The fourth-order valence-electron chi connectivity index (χ4n) is 1.06. The number of carbonyl (C=O) groups is 1. The molecule has 1 aromatic rings. The molecule has 0 radical (unpaired) electrons. The largest absolute Gasteiger partial charge is 0.416 e. The highest BCUT2D eigenvalue weighted by Crippen LogP contribution is 2.19. The van der Waals surface area contributed by atoms with Crippen molar-refractivity contribution in [2.45, 2.75) is 51.3 Å². The van der Waals surface area contributed by atoms with E-state index in [1.54, 1.807) is 0 Å². The van der Waals surface area contributed by atoms with Crippen molar-refractivity contribution in [3.63, 3.8) is 0 Å². The molecule has 17 heavy (non-hydrogen) atoms. The van der Waals surface area contributed by atoms with Gasteiger partial charge in [0.05, 0.1) is 5.75 Å². The van der Waals surface area contributed by atoms with Crippen LogP contribution >= 0.6 is 11.8 Å². The maximum absolute atomic E-state index is 11.5. The molecule has 0 fully saturated rings. The first-order chi connectivity index (χ1) is 8.02. The fourth-order valence-corrected chi connectivity index (χ4v) is 1.64. The summed E-state index contributed by atoms with van der Waals surface area (Å²) in [6.07, 6.45) is 0.925. The number of aromatic nitrogens is 2. The average Bonchev–Trinajstić information content (AvgIpc) is 2.75. The topological polar surface area (TPSA) is 68.0 Å². The lowest BCUT2D eigenvalue weighted by atomic mass is 10.2. The summed E-state index contributed by atoms with van der Waals surface area (Å²) in [5.74, 6) is 1.12. The third-order valence-electron chi connectivity index (χ3n) is 2.26. The van der Waals surface area contributed by atoms with Crippen LogP contribution in [0.2, 0.25) is 0 Å². The van der Waals surface area contributed by atoms with Gasteiger partial charge < -0.3 is 9.73 Å². The molecule has 6 heteroatoms. The first kappa shape index (κ1) is 14.0. The van der Waals surface area contributed by atoms with Crippen molar-refractivity contribution in [3.8, 4) is 0 Å². The van der Waals surface area contributed by atoms with Crippen molar-refractivity contribution < 1.29 is 9.21 Å². The zero-order chi connectivity index (χ0) is 12.8. The highest BCUT2D eigenvalue weighted by Gasteiger charge is 2.12. The lowest BCUT2D eigenvalue weighted by Crippen LogP contribution is -2.33. The number of amides is 1. The Morgan fingerprint density at radius 3 is 2.65 bits per heavy atom. The maximum Gasteiger partial charge on any atom is 0.277 e. The van der Waals surface area contributed by atoms with Crippen LogP contribution in [0.5, 0.6) is 0 Å². The molecule has 1 heterocycles. The Kier molecular flexibility index (Phi) is 5.47. The zero-order valence-electron chi connectivity index (χ0n) is 10.7. The van der Waals surface area contributed by atoms with Crippen LogP contribution in [0.15, 0.2) is 9.64 Å². The van der Waals surface area contributed by atoms with E-state index in [1.165, 1.54) is 11.8 Å². The second-order valence-corrected chi connectivity index (χ2v) is 5.15. The van der Waals surface area contributed by atoms with E-state index in [0.717, 1.165) is 6.42 Å². The van der Waals surface area contributed by atoms with Gasteiger partial charge >= 0.3 is 0 Å². The number of nitrogens with zero attached hydrogens (tertiary/aromatic N) is 2. The Labute approximate surface area is 106 Å². The molecular weight excluding hydrogens is 238 g/mol. The molecule has 1 atom stereocenters. The molecule has 0 aliphatic carbocycles. The Hall–Kier alpha value is -1.04. The third kappa shape index (κ3) is 4.77. The normalized spacial score (nSPS) is 12.8. The molecule has 0 saturated carbocycles. The minimum absolute atomic E-state index is 0.00588. The molecule has 1 aromatic heterocycles. The van der Waals surface area contributed by atoms with Gasteiger partial charge in [0.25, 0.3) is 5.22 Å². The molecule has 0 bridgehead atoms.